The van der Waals surface area contributed by atoms with Crippen molar-refractivity contribution < 1.29 is 4.39 Å². The molecular formula is C14H14FN5S. The second-order valence-corrected chi connectivity index (χ2v) is 5.55. The average Bonchev–Trinajstić information content (AvgIpc) is 2.90. The molecule has 0 saturated carbocycles. The van der Waals surface area contributed by atoms with Gasteiger partial charge >= 0.3 is 0 Å². The highest BCUT2D eigenvalue weighted by atomic mass is 32.1. The standard InChI is InChI=1S/C14H14FN5S/c15-9-2-1-6-17-10(9)8-19-14-13-11(4-7-18-14)21-12(20-13)3-5-16/h1-2,4,6-7H,3,5,8,16H2,(H,18,19). The van der Waals surface area contributed by atoms with Crippen molar-refractivity contribution in [2.45, 2.75) is 13.0 Å². The van der Waals surface area contributed by atoms with Crippen molar-refractivity contribution >= 4 is 27.4 Å². The lowest BCUT2D eigenvalue weighted by atomic mass is 10.3. The van der Waals surface area contributed by atoms with Gasteiger partial charge in [0.25, 0.3) is 0 Å². The first kappa shape index (κ1) is 13.8. The van der Waals surface area contributed by atoms with Crippen molar-refractivity contribution in [2.75, 3.05) is 11.9 Å². The van der Waals surface area contributed by atoms with Gasteiger partial charge in [-0.15, -0.1) is 11.3 Å². The number of fused-ring (bicyclic) bond motifs is 1. The predicted molar refractivity (Wildman–Crippen MR) is 81.7 cm³/mol. The molecule has 0 bridgehead atoms. The molecule has 108 valence electrons. The van der Waals surface area contributed by atoms with E-state index in [1.54, 1.807) is 29.8 Å². The van der Waals surface area contributed by atoms with Crippen molar-refractivity contribution in [1.29, 1.82) is 0 Å². The summed E-state index contributed by atoms with van der Waals surface area (Å²) in [5.74, 6) is 0.302. The fraction of sp³-hybridized carbons (Fsp3) is 0.214. The van der Waals surface area contributed by atoms with E-state index in [2.05, 4.69) is 20.3 Å². The normalized spacial score (nSPS) is 11.0. The minimum Gasteiger partial charge on any atom is -0.362 e. The number of anilines is 1. The van der Waals surface area contributed by atoms with Gasteiger partial charge in [-0.2, -0.15) is 0 Å². The van der Waals surface area contributed by atoms with Gasteiger partial charge < -0.3 is 11.1 Å². The van der Waals surface area contributed by atoms with Gasteiger partial charge in [0.05, 0.1) is 21.9 Å². The van der Waals surface area contributed by atoms with Crippen molar-refractivity contribution in [2.24, 2.45) is 5.73 Å². The molecule has 3 aromatic heterocycles. The summed E-state index contributed by atoms with van der Waals surface area (Å²) in [4.78, 5) is 12.8. The smallest absolute Gasteiger partial charge is 0.153 e. The summed E-state index contributed by atoms with van der Waals surface area (Å²) in [5, 5.41) is 4.08. The fourth-order valence-corrected chi connectivity index (χ4v) is 2.96. The molecule has 0 aliphatic heterocycles. The van der Waals surface area contributed by atoms with Crippen LogP contribution in [0.15, 0.2) is 30.6 Å². The van der Waals surface area contributed by atoms with Crippen molar-refractivity contribution in [3.8, 4) is 0 Å². The molecule has 0 fully saturated rings. The van der Waals surface area contributed by atoms with Crippen LogP contribution >= 0.6 is 11.3 Å². The maximum atomic E-state index is 13.6. The third kappa shape index (κ3) is 2.98. The zero-order chi connectivity index (χ0) is 14.7. The Kier molecular flexibility index (Phi) is 4.03. The average molecular weight is 303 g/mol. The number of thiazole rings is 1. The quantitative estimate of drug-likeness (QED) is 0.756. The highest BCUT2D eigenvalue weighted by molar-refractivity contribution is 7.18. The summed E-state index contributed by atoms with van der Waals surface area (Å²) in [6.45, 7) is 0.831. The van der Waals surface area contributed by atoms with Crippen LogP contribution in [0.3, 0.4) is 0 Å². The Balaban J connectivity index is 1.85. The topological polar surface area (TPSA) is 76.7 Å². The zero-order valence-corrected chi connectivity index (χ0v) is 12.0. The van der Waals surface area contributed by atoms with Gasteiger partial charge in [-0.3, -0.25) is 4.98 Å². The van der Waals surface area contributed by atoms with Crippen LogP contribution in [0.1, 0.15) is 10.7 Å². The molecule has 0 spiro atoms. The van der Waals surface area contributed by atoms with Crippen LogP contribution in [0, 0.1) is 5.82 Å². The van der Waals surface area contributed by atoms with Crippen molar-refractivity contribution in [3.63, 3.8) is 0 Å². The van der Waals surface area contributed by atoms with E-state index in [1.165, 1.54) is 6.07 Å². The van der Waals surface area contributed by atoms with E-state index in [0.29, 0.717) is 18.1 Å². The van der Waals surface area contributed by atoms with Crippen LogP contribution in [0.5, 0.6) is 0 Å². The minimum atomic E-state index is -0.334. The molecule has 0 aliphatic carbocycles. The molecule has 0 unspecified atom stereocenters. The molecule has 3 aromatic rings. The second kappa shape index (κ2) is 6.11. The van der Waals surface area contributed by atoms with E-state index in [1.807, 2.05) is 6.07 Å². The molecule has 5 nitrogen and oxygen atoms in total. The Bertz CT molecular complexity index is 758. The largest absolute Gasteiger partial charge is 0.362 e. The molecule has 0 aromatic carbocycles. The van der Waals surface area contributed by atoms with Crippen LogP contribution in [-0.4, -0.2) is 21.5 Å². The number of rotatable bonds is 5. The third-order valence-corrected chi connectivity index (χ3v) is 4.05. The Hall–Kier alpha value is -2.12. The summed E-state index contributed by atoms with van der Waals surface area (Å²) in [6.07, 6.45) is 4.02. The first-order valence-electron chi connectivity index (χ1n) is 6.55. The molecule has 3 N–H and O–H groups in total. The molecule has 3 heterocycles. The van der Waals surface area contributed by atoms with Crippen LogP contribution in [0.25, 0.3) is 10.2 Å². The third-order valence-electron chi connectivity index (χ3n) is 2.97. The maximum absolute atomic E-state index is 13.6. The predicted octanol–water partition coefficient (Wildman–Crippen LogP) is 2.34. The van der Waals surface area contributed by atoms with E-state index >= 15 is 0 Å². The molecule has 3 rings (SSSR count). The monoisotopic (exact) mass is 303 g/mol. The van der Waals surface area contributed by atoms with Crippen molar-refractivity contribution in [3.05, 3.63) is 47.1 Å². The Morgan fingerprint density at radius 3 is 2.95 bits per heavy atom. The fourth-order valence-electron chi connectivity index (χ4n) is 1.98. The molecule has 0 aliphatic rings. The van der Waals surface area contributed by atoms with Gasteiger partial charge in [-0.25, -0.2) is 14.4 Å². The highest BCUT2D eigenvalue weighted by Gasteiger charge is 2.10. The summed E-state index contributed by atoms with van der Waals surface area (Å²) < 4.78 is 14.6. The van der Waals surface area contributed by atoms with Gasteiger partial charge in [-0.05, 0) is 24.7 Å². The summed E-state index contributed by atoms with van der Waals surface area (Å²) in [5.41, 5.74) is 6.71. The number of aromatic nitrogens is 3. The first-order chi connectivity index (χ1) is 10.3. The van der Waals surface area contributed by atoms with Gasteiger partial charge in [0.15, 0.2) is 5.82 Å². The van der Waals surface area contributed by atoms with Gasteiger partial charge in [0.1, 0.15) is 11.3 Å². The molecule has 21 heavy (non-hydrogen) atoms. The van der Waals surface area contributed by atoms with E-state index in [4.69, 9.17) is 5.73 Å². The number of pyridine rings is 2. The Morgan fingerprint density at radius 1 is 1.24 bits per heavy atom. The van der Waals surface area contributed by atoms with Gasteiger partial charge in [-0.1, -0.05) is 0 Å². The molecule has 7 heteroatoms. The lowest BCUT2D eigenvalue weighted by Crippen LogP contribution is -2.06. The molecule has 0 amide bonds. The summed E-state index contributed by atoms with van der Waals surface area (Å²) in [6, 6.07) is 4.87. The Morgan fingerprint density at radius 2 is 2.14 bits per heavy atom. The highest BCUT2D eigenvalue weighted by Crippen LogP contribution is 2.26. The van der Waals surface area contributed by atoms with Crippen LogP contribution in [0.2, 0.25) is 0 Å². The summed E-state index contributed by atoms with van der Waals surface area (Å²) in [7, 11) is 0. The van der Waals surface area contributed by atoms with E-state index in [-0.39, 0.29) is 12.4 Å². The Labute approximate surface area is 125 Å². The van der Waals surface area contributed by atoms with Crippen LogP contribution in [-0.2, 0) is 13.0 Å². The molecule has 0 radical (unpaired) electrons. The first-order valence-corrected chi connectivity index (χ1v) is 7.37. The molecular weight excluding hydrogens is 289 g/mol. The maximum Gasteiger partial charge on any atom is 0.153 e. The van der Waals surface area contributed by atoms with Crippen LogP contribution in [0.4, 0.5) is 10.2 Å². The van der Waals surface area contributed by atoms with E-state index in [0.717, 1.165) is 21.6 Å². The number of nitrogens with two attached hydrogens (primary N) is 1. The lowest BCUT2D eigenvalue weighted by molar-refractivity contribution is 0.602. The number of nitrogens with zero attached hydrogens (tertiary/aromatic N) is 3. The number of hydrogen-bond acceptors (Lipinski definition) is 6. The summed E-state index contributed by atoms with van der Waals surface area (Å²) >= 11 is 1.60. The second-order valence-electron chi connectivity index (χ2n) is 4.44. The van der Waals surface area contributed by atoms with Crippen LogP contribution < -0.4 is 11.1 Å². The number of hydrogen-bond donors (Lipinski definition) is 2. The minimum absolute atomic E-state index is 0.266. The molecule has 0 atom stereocenters. The lowest BCUT2D eigenvalue weighted by Gasteiger charge is -2.06. The number of halogens is 1. The van der Waals surface area contributed by atoms with Crippen molar-refractivity contribution in [1.82, 2.24) is 15.0 Å². The van der Waals surface area contributed by atoms with E-state index < -0.39 is 0 Å². The number of nitrogens with one attached hydrogen (secondary N) is 1. The molecule has 0 saturated heterocycles. The zero-order valence-electron chi connectivity index (χ0n) is 11.2. The van der Waals surface area contributed by atoms with Gasteiger partial charge in [0, 0.05) is 18.8 Å². The van der Waals surface area contributed by atoms with E-state index in [9.17, 15) is 4.39 Å². The van der Waals surface area contributed by atoms with Gasteiger partial charge in [0.2, 0.25) is 0 Å². The SMILES string of the molecule is NCCc1nc2c(NCc3ncccc3F)nccc2s1.